The monoisotopic (exact) mass is 220 g/mol. The van der Waals surface area contributed by atoms with E-state index in [1.807, 2.05) is 0 Å². The molecule has 1 heteroatoms. The highest BCUT2D eigenvalue weighted by Crippen LogP contribution is 2.14. The van der Waals surface area contributed by atoms with Crippen LogP contribution in [0.5, 0.6) is 0 Å². The van der Waals surface area contributed by atoms with Crippen LogP contribution in [0.2, 0.25) is 0 Å². The summed E-state index contributed by atoms with van der Waals surface area (Å²) < 4.78 is 8.55. The van der Waals surface area contributed by atoms with Crippen LogP contribution in [0, 0.1) is 0 Å². The smallest absolute Gasteiger partial charge is 0.0308 e. The molecule has 0 unspecified atom stereocenters. The molecule has 0 aromatic carbocycles. The van der Waals surface area contributed by atoms with Crippen molar-refractivity contribution in [1.29, 1.82) is 0 Å². The number of hydrogen-bond donors (Lipinski definition) is 0. The Morgan fingerprint density at radius 2 is 2.38 bits per heavy atom. The molecule has 1 aliphatic heterocycles. The van der Waals surface area contributed by atoms with Crippen LogP contribution in [0.1, 0.15) is 6.92 Å². The maximum Gasteiger partial charge on any atom is -0.0308 e. The molecule has 0 saturated carbocycles. The minimum Gasteiger partial charge on any atom is -0.132 e. The van der Waals surface area contributed by atoms with Gasteiger partial charge in [0.05, 0.1) is 0 Å². The summed E-state index contributed by atoms with van der Waals surface area (Å²) in [6.07, 6.45) is 4.24. The lowest BCUT2D eigenvalue weighted by Gasteiger charge is -1.93. The molecule has 0 aliphatic carbocycles. The Morgan fingerprint density at radius 1 is 1.62 bits per heavy atom. The van der Waals surface area contributed by atoms with Gasteiger partial charge in [-0.2, -0.15) is 0 Å². The van der Waals surface area contributed by atoms with Gasteiger partial charge in [0.15, 0.2) is 0 Å². The Kier molecular flexibility index (Phi) is 1.89. The van der Waals surface area contributed by atoms with Gasteiger partial charge in [-0.25, -0.2) is 0 Å². The summed E-state index contributed by atoms with van der Waals surface area (Å²) in [4.78, 5) is 0. The fourth-order valence-corrected chi connectivity index (χ4v) is 2.99. The molecule has 0 fully saturated rings. The second-order valence-corrected chi connectivity index (χ2v) is 5.60. The molecule has 8 heavy (non-hydrogen) atoms. The van der Waals surface area contributed by atoms with E-state index < -0.39 is 18.9 Å². The standard InChI is InChI=1S/C7H9I/c1-7-4-3-5-8(2)6-7/h3-6H,2H2,1H3. The lowest BCUT2D eigenvalue weighted by molar-refractivity contribution is 1.64. The Balaban J connectivity index is 3.07. The minimum atomic E-state index is -0.925. The Hall–Kier alpha value is -0.0500. The predicted molar refractivity (Wildman–Crippen MR) is 50.1 cm³/mol. The summed E-state index contributed by atoms with van der Waals surface area (Å²) in [7, 11) is 0. The van der Waals surface area contributed by atoms with Crippen molar-refractivity contribution in [2.24, 2.45) is 0 Å². The lowest BCUT2D eigenvalue weighted by atomic mass is 10.3. The van der Waals surface area contributed by atoms with Gasteiger partial charge in [-0.3, -0.25) is 0 Å². The molecule has 0 N–H and O–H groups in total. The molecule has 0 spiro atoms. The van der Waals surface area contributed by atoms with Crippen molar-refractivity contribution in [3.05, 3.63) is 21.8 Å². The van der Waals surface area contributed by atoms with Crippen molar-refractivity contribution in [3.8, 4) is 0 Å². The van der Waals surface area contributed by atoms with E-state index in [0.29, 0.717) is 0 Å². The van der Waals surface area contributed by atoms with Gasteiger partial charge in [0.25, 0.3) is 0 Å². The normalized spacial score (nSPS) is 19.9. The first-order valence-electron chi connectivity index (χ1n) is 2.45. The molecule has 0 bridgehead atoms. The Labute approximate surface area is 56.3 Å². The molecule has 0 atom stereocenters. The van der Waals surface area contributed by atoms with Crippen LogP contribution in [-0.2, 0) is 0 Å². The average molecular weight is 220 g/mol. The highest BCUT2D eigenvalue weighted by Gasteiger charge is 1.82. The quantitative estimate of drug-likeness (QED) is 0.549. The van der Waals surface area contributed by atoms with Crippen LogP contribution in [0.25, 0.3) is 0 Å². The molecule has 0 amide bonds. The zero-order valence-corrected chi connectivity index (χ0v) is 7.05. The molecule has 1 rings (SSSR count). The van der Waals surface area contributed by atoms with E-state index in [0.717, 1.165) is 0 Å². The third-order valence-electron chi connectivity index (χ3n) is 0.906. The van der Waals surface area contributed by atoms with Gasteiger partial charge >= 0.3 is 0 Å². The third-order valence-corrected chi connectivity index (χ3v) is 4.03. The Bertz CT molecular complexity index is 213. The first-order valence-corrected chi connectivity index (χ1v) is 6.46. The van der Waals surface area contributed by atoms with Crippen molar-refractivity contribution in [2.75, 3.05) is 0 Å². The molecule has 0 saturated heterocycles. The van der Waals surface area contributed by atoms with Crippen LogP contribution < -0.4 is 0 Å². The molecular formula is C7H9I. The maximum absolute atomic E-state index is 4.02. The molecule has 0 radical (unpaired) electrons. The van der Waals surface area contributed by atoms with E-state index in [1.54, 1.807) is 0 Å². The van der Waals surface area contributed by atoms with Crippen molar-refractivity contribution in [2.45, 2.75) is 6.92 Å². The molecule has 44 valence electrons. The molecule has 0 aromatic rings. The first-order chi connectivity index (χ1) is 3.79. The fraction of sp³-hybridized carbons (Fsp3) is 0.143. The summed E-state index contributed by atoms with van der Waals surface area (Å²) in [5.41, 5.74) is 1.38. The average Bonchev–Trinajstić information content (AvgIpc) is 1.64. The van der Waals surface area contributed by atoms with Gasteiger partial charge in [0.2, 0.25) is 0 Å². The van der Waals surface area contributed by atoms with Gasteiger partial charge in [0, 0.05) is 0 Å². The van der Waals surface area contributed by atoms with Crippen molar-refractivity contribution < 1.29 is 0 Å². The number of halogens is 1. The maximum atomic E-state index is 4.02. The van der Waals surface area contributed by atoms with Crippen LogP contribution in [0.15, 0.2) is 21.8 Å². The van der Waals surface area contributed by atoms with Crippen LogP contribution >= 0.6 is 18.9 Å². The molecule has 1 aliphatic rings. The topological polar surface area (TPSA) is 0 Å². The van der Waals surface area contributed by atoms with Gasteiger partial charge in [-0.15, -0.1) is 18.9 Å². The van der Waals surface area contributed by atoms with E-state index in [1.165, 1.54) is 5.57 Å². The van der Waals surface area contributed by atoms with Gasteiger partial charge in [-0.05, 0) is 20.6 Å². The fourth-order valence-electron chi connectivity index (χ4n) is 0.575. The van der Waals surface area contributed by atoms with E-state index in [-0.39, 0.29) is 0 Å². The van der Waals surface area contributed by atoms with E-state index in [2.05, 4.69) is 31.7 Å². The number of hydrogen-bond acceptors (Lipinski definition) is 0. The largest absolute Gasteiger partial charge is 0.132 e. The van der Waals surface area contributed by atoms with Crippen molar-refractivity contribution in [3.63, 3.8) is 0 Å². The highest BCUT2D eigenvalue weighted by atomic mass is 127. The SMILES string of the molecule is C=I1=CC(C)=CC=C1. The zero-order valence-electron chi connectivity index (χ0n) is 4.89. The second-order valence-electron chi connectivity index (χ2n) is 1.77. The van der Waals surface area contributed by atoms with E-state index >= 15 is 0 Å². The minimum absolute atomic E-state index is 0.925. The van der Waals surface area contributed by atoms with Crippen LogP contribution in [0.3, 0.4) is 0 Å². The van der Waals surface area contributed by atoms with E-state index in [9.17, 15) is 0 Å². The second kappa shape index (κ2) is 2.49. The number of allylic oxidation sites excluding steroid dienone is 3. The molecular weight excluding hydrogens is 211 g/mol. The predicted octanol–water partition coefficient (Wildman–Crippen LogP) is 2.20. The molecule has 0 nitrogen and oxygen atoms in total. The zero-order chi connectivity index (χ0) is 5.98. The summed E-state index contributed by atoms with van der Waals surface area (Å²) in [6, 6.07) is 0. The summed E-state index contributed by atoms with van der Waals surface area (Å²) in [5, 5.41) is 0. The van der Waals surface area contributed by atoms with Crippen molar-refractivity contribution >= 4 is 27.4 Å². The highest BCUT2D eigenvalue weighted by molar-refractivity contribution is 14.2. The molecule has 0 aromatic heterocycles. The van der Waals surface area contributed by atoms with Crippen LogP contribution in [0.4, 0.5) is 0 Å². The summed E-state index contributed by atoms with van der Waals surface area (Å²) in [6.45, 7) is 2.12. The first kappa shape index (κ1) is 6.08. The summed E-state index contributed by atoms with van der Waals surface area (Å²) in [5.74, 6) is 0. The Morgan fingerprint density at radius 3 is 2.75 bits per heavy atom. The van der Waals surface area contributed by atoms with Gasteiger partial charge in [0.1, 0.15) is 0 Å². The lowest BCUT2D eigenvalue weighted by Crippen LogP contribution is -1.74. The van der Waals surface area contributed by atoms with Crippen molar-refractivity contribution in [1.82, 2.24) is 0 Å². The van der Waals surface area contributed by atoms with Gasteiger partial charge < -0.3 is 0 Å². The molecule has 1 heterocycles. The number of rotatable bonds is 0. The third kappa shape index (κ3) is 1.47. The van der Waals surface area contributed by atoms with Crippen LogP contribution in [-0.4, -0.2) is 8.53 Å². The summed E-state index contributed by atoms with van der Waals surface area (Å²) >= 11 is -0.925. The van der Waals surface area contributed by atoms with E-state index in [4.69, 9.17) is 0 Å². The van der Waals surface area contributed by atoms with Gasteiger partial charge in [-0.1, -0.05) is 16.7 Å².